The minimum atomic E-state index is 0.224. The predicted octanol–water partition coefficient (Wildman–Crippen LogP) is 4.06. The summed E-state index contributed by atoms with van der Waals surface area (Å²) < 4.78 is 2.31. The number of nitrogens with one attached hydrogen (secondary N) is 1. The van der Waals surface area contributed by atoms with E-state index in [1.54, 1.807) is 11.3 Å². The zero-order valence-corrected chi connectivity index (χ0v) is 14.2. The highest BCUT2D eigenvalue weighted by Gasteiger charge is 2.19. The normalized spacial score (nSPS) is 12.3. The molecular weight excluding hydrogens is 322 g/mol. The van der Waals surface area contributed by atoms with Crippen LogP contribution in [0.2, 0.25) is 0 Å². The Bertz CT molecular complexity index is 563. The first-order valence-corrected chi connectivity index (χ1v) is 7.91. The molecule has 19 heavy (non-hydrogen) atoms. The zero-order valence-electron chi connectivity index (χ0n) is 11.8. The number of halogens is 1. The Hall–Kier alpha value is -0.650. The van der Waals surface area contributed by atoms with Crippen LogP contribution in [-0.4, -0.2) is 37.1 Å². The Morgan fingerprint density at radius 2 is 2.11 bits per heavy atom. The Kier molecular flexibility index (Phi) is 4.48. The molecule has 0 saturated heterocycles. The van der Waals surface area contributed by atoms with E-state index in [1.807, 2.05) is 12.1 Å². The SMILES string of the molecule is CN(C)CC(C)(C)CNc1nc2ccc(Br)cc2s1. The van der Waals surface area contributed by atoms with Crippen molar-refractivity contribution in [2.45, 2.75) is 13.8 Å². The average Bonchev–Trinajstić information content (AvgIpc) is 2.66. The first kappa shape index (κ1) is 14.8. The summed E-state index contributed by atoms with van der Waals surface area (Å²) in [6, 6.07) is 6.19. The van der Waals surface area contributed by atoms with Crippen molar-refractivity contribution in [2.75, 3.05) is 32.5 Å². The van der Waals surface area contributed by atoms with Gasteiger partial charge in [-0.05, 0) is 37.7 Å². The largest absolute Gasteiger partial charge is 0.361 e. The molecule has 0 atom stereocenters. The molecule has 0 unspecified atom stereocenters. The lowest BCUT2D eigenvalue weighted by molar-refractivity contribution is 0.254. The molecule has 1 aromatic carbocycles. The second kappa shape index (κ2) is 5.77. The lowest BCUT2D eigenvalue weighted by atomic mass is 9.93. The molecule has 0 saturated carbocycles. The standard InChI is InChI=1S/C14H20BrN3S/c1-14(2,9-18(3)4)8-16-13-17-11-6-5-10(15)7-12(11)19-13/h5-7H,8-9H2,1-4H3,(H,16,17). The molecule has 0 spiro atoms. The van der Waals surface area contributed by atoms with E-state index in [1.165, 1.54) is 4.70 Å². The van der Waals surface area contributed by atoms with Crippen molar-refractivity contribution in [3.63, 3.8) is 0 Å². The van der Waals surface area contributed by atoms with Gasteiger partial charge in [-0.2, -0.15) is 0 Å². The Morgan fingerprint density at radius 3 is 2.79 bits per heavy atom. The topological polar surface area (TPSA) is 28.2 Å². The summed E-state index contributed by atoms with van der Waals surface area (Å²) in [5.41, 5.74) is 1.28. The maximum absolute atomic E-state index is 4.61. The highest BCUT2D eigenvalue weighted by Crippen LogP contribution is 2.29. The number of aromatic nitrogens is 1. The molecule has 2 rings (SSSR count). The molecule has 3 nitrogen and oxygen atoms in total. The van der Waals surface area contributed by atoms with E-state index < -0.39 is 0 Å². The van der Waals surface area contributed by atoms with E-state index in [9.17, 15) is 0 Å². The number of nitrogens with zero attached hydrogens (tertiary/aromatic N) is 2. The van der Waals surface area contributed by atoms with Crippen molar-refractivity contribution in [2.24, 2.45) is 5.41 Å². The summed E-state index contributed by atoms with van der Waals surface area (Å²) in [6.45, 7) is 6.51. The predicted molar refractivity (Wildman–Crippen MR) is 88.1 cm³/mol. The van der Waals surface area contributed by atoms with Gasteiger partial charge in [0.15, 0.2) is 5.13 Å². The molecule has 104 valence electrons. The molecule has 0 aliphatic carbocycles. The molecule has 1 aromatic heterocycles. The second-order valence-corrected chi connectivity index (χ2v) is 7.83. The molecule has 0 fully saturated rings. The molecule has 5 heteroatoms. The lowest BCUT2D eigenvalue weighted by Gasteiger charge is -2.28. The number of hydrogen-bond donors (Lipinski definition) is 1. The molecule has 2 aromatic rings. The summed E-state index contributed by atoms with van der Waals surface area (Å²) in [7, 11) is 4.22. The van der Waals surface area contributed by atoms with Gasteiger partial charge in [0.25, 0.3) is 0 Å². The molecule has 1 heterocycles. The number of rotatable bonds is 5. The summed E-state index contributed by atoms with van der Waals surface area (Å²) in [5, 5.41) is 4.46. The van der Waals surface area contributed by atoms with Crippen LogP contribution in [-0.2, 0) is 0 Å². The van der Waals surface area contributed by atoms with E-state index in [4.69, 9.17) is 0 Å². The number of hydrogen-bond acceptors (Lipinski definition) is 4. The van der Waals surface area contributed by atoms with Gasteiger partial charge in [-0.25, -0.2) is 4.98 Å². The molecular formula is C14H20BrN3S. The van der Waals surface area contributed by atoms with Crippen molar-refractivity contribution in [1.82, 2.24) is 9.88 Å². The van der Waals surface area contributed by atoms with Gasteiger partial charge >= 0.3 is 0 Å². The molecule has 0 aliphatic heterocycles. The van der Waals surface area contributed by atoms with Crippen LogP contribution in [0.3, 0.4) is 0 Å². The molecule has 1 N–H and O–H groups in total. The summed E-state index contributed by atoms with van der Waals surface area (Å²) in [5.74, 6) is 0. The quantitative estimate of drug-likeness (QED) is 0.888. The molecule has 0 aliphatic rings. The van der Waals surface area contributed by atoms with Crippen LogP contribution >= 0.6 is 27.3 Å². The smallest absolute Gasteiger partial charge is 0.183 e. The van der Waals surface area contributed by atoms with Crippen LogP contribution in [0.1, 0.15) is 13.8 Å². The Morgan fingerprint density at radius 1 is 1.37 bits per heavy atom. The van der Waals surface area contributed by atoms with Gasteiger partial charge < -0.3 is 10.2 Å². The van der Waals surface area contributed by atoms with E-state index >= 15 is 0 Å². The van der Waals surface area contributed by atoms with E-state index in [0.717, 1.165) is 28.2 Å². The summed E-state index contributed by atoms with van der Waals surface area (Å²) in [6.07, 6.45) is 0. The van der Waals surface area contributed by atoms with Crippen LogP contribution in [0.15, 0.2) is 22.7 Å². The van der Waals surface area contributed by atoms with Gasteiger partial charge in [0.2, 0.25) is 0 Å². The number of thiazole rings is 1. The molecule has 0 amide bonds. The van der Waals surface area contributed by atoms with Crippen LogP contribution < -0.4 is 5.32 Å². The molecule has 0 bridgehead atoms. The van der Waals surface area contributed by atoms with Gasteiger partial charge in [-0.3, -0.25) is 0 Å². The van der Waals surface area contributed by atoms with Crippen molar-refractivity contribution in [1.29, 1.82) is 0 Å². The third-order valence-corrected chi connectivity index (χ3v) is 4.28. The van der Waals surface area contributed by atoms with Gasteiger partial charge in [0.05, 0.1) is 10.2 Å². The zero-order chi connectivity index (χ0) is 14.0. The Labute approximate surface area is 127 Å². The monoisotopic (exact) mass is 341 g/mol. The maximum atomic E-state index is 4.61. The fourth-order valence-electron chi connectivity index (χ4n) is 2.20. The van der Waals surface area contributed by atoms with Crippen molar-refractivity contribution in [3.05, 3.63) is 22.7 Å². The highest BCUT2D eigenvalue weighted by molar-refractivity contribution is 9.10. The Balaban J connectivity index is 2.05. The van der Waals surface area contributed by atoms with E-state index in [-0.39, 0.29) is 5.41 Å². The van der Waals surface area contributed by atoms with Crippen LogP contribution in [0.25, 0.3) is 10.2 Å². The van der Waals surface area contributed by atoms with Gasteiger partial charge in [-0.1, -0.05) is 41.1 Å². The molecule has 0 radical (unpaired) electrons. The van der Waals surface area contributed by atoms with Crippen molar-refractivity contribution in [3.8, 4) is 0 Å². The average molecular weight is 342 g/mol. The third-order valence-electron chi connectivity index (χ3n) is 2.81. The minimum absolute atomic E-state index is 0.224. The fraction of sp³-hybridized carbons (Fsp3) is 0.500. The van der Waals surface area contributed by atoms with Gasteiger partial charge in [0, 0.05) is 17.6 Å². The number of fused-ring (bicyclic) bond motifs is 1. The van der Waals surface area contributed by atoms with E-state index in [0.29, 0.717) is 0 Å². The third kappa shape index (κ3) is 4.16. The minimum Gasteiger partial charge on any atom is -0.361 e. The first-order valence-electron chi connectivity index (χ1n) is 6.30. The fourth-order valence-corrected chi connectivity index (χ4v) is 3.61. The van der Waals surface area contributed by atoms with Gasteiger partial charge in [0.1, 0.15) is 0 Å². The van der Waals surface area contributed by atoms with Crippen molar-refractivity contribution >= 4 is 42.6 Å². The summed E-state index contributed by atoms with van der Waals surface area (Å²) >= 11 is 5.20. The van der Waals surface area contributed by atoms with Crippen LogP contribution in [0.5, 0.6) is 0 Å². The second-order valence-electron chi connectivity index (χ2n) is 5.89. The number of benzene rings is 1. The lowest BCUT2D eigenvalue weighted by Crippen LogP contribution is -2.34. The highest BCUT2D eigenvalue weighted by atomic mass is 79.9. The number of anilines is 1. The van der Waals surface area contributed by atoms with Crippen LogP contribution in [0, 0.1) is 5.41 Å². The van der Waals surface area contributed by atoms with Crippen molar-refractivity contribution < 1.29 is 0 Å². The first-order chi connectivity index (χ1) is 8.85. The summed E-state index contributed by atoms with van der Waals surface area (Å²) in [4.78, 5) is 6.83. The van der Waals surface area contributed by atoms with Crippen LogP contribution in [0.4, 0.5) is 5.13 Å². The maximum Gasteiger partial charge on any atom is 0.183 e. The van der Waals surface area contributed by atoms with E-state index in [2.05, 4.69) is 65.1 Å². The van der Waals surface area contributed by atoms with Gasteiger partial charge in [-0.15, -0.1) is 0 Å².